The molecule has 3 amide bonds. The first-order chi connectivity index (χ1) is 26.6. The highest BCUT2D eigenvalue weighted by atomic mass is 16.6. The Morgan fingerprint density at radius 3 is 1.16 bits per heavy atom. The number of nitrogens with zero attached hydrogens (tertiary/aromatic N) is 2. The number of hydrogen-bond donors (Lipinski definition) is 1. The number of carbonyl (C=O) groups is 6. The van der Waals surface area contributed by atoms with Crippen LogP contribution in [0.25, 0.3) is 0 Å². The maximum absolute atomic E-state index is 14.4. The molecule has 0 bridgehead atoms. The van der Waals surface area contributed by atoms with Crippen molar-refractivity contribution in [1.82, 2.24) is 15.1 Å². The van der Waals surface area contributed by atoms with E-state index in [1.54, 1.807) is 114 Å². The number of hydrogen-bond acceptors (Lipinski definition) is 9. The smallest absolute Gasteiger partial charge is 0.329 e. The van der Waals surface area contributed by atoms with Crippen molar-refractivity contribution in [3.05, 3.63) is 108 Å². The third kappa shape index (κ3) is 11.3. The molecule has 1 heterocycles. The van der Waals surface area contributed by atoms with Crippen molar-refractivity contribution in [2.45, 2.75) is 97.2 Å². The van der Waals surface area contributed by atoms with E-state index in [1.165, 1.54) is 23.9 Å². The van der Waals surface area contributed by atoms with Crippen molar-refractivity contribution in [1.29, 1.82) is 0 Å². The number of benzene rings is 3. The minimum Gasteiger partial charge on any atom is -0.450 e. The number of amides is 3. The molecule has 1 aliphatic rings. The summed E-state index contributed by atoms with van der Waals surface area (Å²) in [6, 6.07) is 23.3. The molecular formula is C44H55N3O9. The standard InChI is InChI=1S/C44H55N3O9/c1-27(2)36-39(48)45-33(24-30-18-12-9-13-19-30)42(51)55-37(28(3)4)40(49)47(8)35(26-32-22-16-11-17-23-32)44(53)56-38(29(5)6)41(50)46(7)34(43(52)54-36)25-31-20-14-10-15-21-31/h9-23,27-29,33-38H,24-26H2,1-8H3,(H,45,48)/t33-,34+,35-,36-,37+,38+/m0/s1. The molecule has 0 aliphatic carbocycles. The molecular weight excluding hydrogens is 714 g/mol. The Kier molecular flexibility index (Phi) is 15.3. The van der Waals surface area contributed by atoms with Gasteiger partial charge in [0.25, 0.3) is 17.7 Å². The van der Waals surface area contributed by atoms with Gasteiger partial charge in [-0.25, -0.2) is 14.4 Å². The molecule has 56 heavy (non-hydrogen) atoms. The fourth-order valence-electron chi connectivity index (χ4n) is 6.49. The van der Waals surface area contributed by atoms with E-state index < -0.39 is 89.8 Å². The SMILES string of the molecule is CC(C)[C@@H]1OC(=O)[C@@H](Cc2ccccc2)N(C)C(=O)[C@@H](C(C)C)OC(=O)[C@H](Cc2ccccc2)N(C)C(=O)[C@@H](C(C)C)OC(=O)[C@H](Cc2ccccc2)NC1=O. The third-order valence-electron chi connectivity index (χ3n) is 9.89. The largest absolute Gasteiger partial charge is 0.450 e. The predicted molar refractivity (Wildman–Crippen MR) is 210 cm³/mol. The van der Waals surface area contributed by atoms with Gasteiger partial charge in [0.15, 0.2) is 18.3 Å². The molecule has 1 saturated heterocycles. The molecule has 1 fully saturated rings. The van der Waals surface area contributed by atoms with Gasteiger partial charge in [-0.3, -0.25) is 14.4 Å². The Balaban J connectivity index is 1.85. The third-order valence-corrected chi connectivity index (χ3v) is 9.89. The summed E-state index contributed by atoms with van der Waals surface area (Å²) in [5.41, 5.74) is 2.14. The topological polar surface area (TPSA) is 149 Å². The van der Waals surface area contributed by atoms with Crippen LogP contribution in [0.2, 0.25) is 0 Å². The van der Waals surface area contributed by atoms with Crippen molar-refractivity contribution < 1.29 is 43.0 Å². The number of ether oxygens (including phenoxy) is 3. The van der Waals surface area contributed by atoms with Crippen LogP contribution < -0.4 is 5.32 Å². The Morgan fingerprint density at radius 1 is 0.482 bits per heavy atom. The van der Waals surface area contributed by atoms with Gasteiger partial charge in [-0.15, -0.1) is 0 Å². The minimum atomic E-state index is -1.37. The Labute approximate surface area is 329 Å². The fraction of sp³-hybridized carbons (Fsp3) is 0.455. The van der Waals surface area contributed by atoms with Gasteiger partial charge in [0, 0.05) is 33.4 Å². The van der Waals surface area contributed by atoms with Gasteiger partial charge < -0.3 is 29.3 Å². The number of likely N-dealkylation sites (N-methyl/N-ethyl adjacent to an activating group) is 2. The van der Waals surface area contributed by atoms with E-state index in [-0.39, 0.29) is 19.3 Å². The monoisotopic (exact) mass is 769 g/mol. The summed E-state index contributed by atoms with van der Waals surface area (Å²) in [4.78, 5) is 87.8. The van der Waals surface area contributed by atoms with Crippen molar-refractivity contribution in [2.75, 3.05) is 14.1 Å². The molecule has 0 unspecified atom stereocenters. The minimum absolute atomic E-state index is 0.00639. The van der Waals surface area contributed by atoms with E-state index in [1.807, 2.05) is 18.2 Å². The number of cyclic esters (lactones) is 3. The predicted octanol–water partition coefficient (Wildman–Crippen LogP) is 4.57. The lowest BCUT2D eigenvalue weighted by Gasteiger charge is -2.35. The summed E-state index contributed by atoms with van der Waals surface area (Å²) >= 11 is 0. The maximum atomic E-state index is 14.4. The van der Waals surface area contributed by atoms with Crippen LogP contribution in [0.5, 0.6) is 0 Å². The molecule has 3 aromatic carbocycles. The van der Waals surface area contributed by atoms with Crippen LogP contribution in [0.4, 0.5) is 0 Å². The first-order valence-corrected chi connectivity index (χ1v) is 19.2. The van der Waals surface area contributed by atoms with Gasteiger partial charge in [-0.1, -0.05) is 133 Å². The normalized spacial score (nSPS) is 23.7. The van der Waals surface area contributed by atoms with Crippen LogP contribution in [-0.4, -0.2) is 96.0 Å². The summed E-state index contributed by atoms with van der Waals surface area (Å²) in [6.07, 6.45) is -4.03. The molecule has 0 saturated carbocycles. The van der Waals surface area contributed by atoms with Crippen LogP contribution in [-0.2, 0) is 62.2 Å². The molecule has 0 radical (unpaired) electrons. The van der Waals surface area contributed by atoms with Crippen LogP contribution in [0.15, 0.2) is 91.0 Å². The van der Waals surface area contributed by atoms with Crippen molar-refractivity contribution in [3.63, 3.8) is 0 Å². The Morgan fingerprint density at radius 2 is 0.804 bits per heavy atom. The average molecular weight is 770 g/mol. The summed E-state index contributed by atoms with van der Waals surface area (Å²) in [5.74, 6) is -6.33. The average Bonchev–Trinajstić information content (AvgIpc) is 3.18. The van der Waals surface area contributed by atoms with E-state index in [0.717, 1.165) is 5.56 Å². The van der Waals surface area contributed by atoms with Crippen molar-refractivity contribution in [2.24, 2.45) is 17.8 Å². The molecule has 1 aliphatic heterocycles. The lowest BCUT2D eigenvalue weighted by atomic mass is 9.99. The van der Waals surface area contributed by atoms with E-state index in [2.05, 4.69) is 5.32 Å². The van der Waals surface area contributed by atoms with Gasteiger partial charge >= 0.3 is 17.9 Å². The van der Waals surface area contributed by atoms with Crippen LogP contribution in [0.1, 0.15) is 58.2 Å². The summed E-state index contributed by atoms with van der Waals surface area (Å²) in [5, 5.41) is 2.74. The summed E-state index contributed by atoms with van der Waals surface area (Å²) < 4.78 is 17.9. The first kappa shape index (κ1) is 43.2. The van der Waals surface area contributed by atoms with Crippen molar-refractivity contribution in [3.8, 4) is 0 Å². The van der Waals surface area contributed by atoms with Crippen LogP contribution in [0.3, 0.4) is 0 Å². The van der Waals surface area contributed by atoms with Gasteiger partial charge in [-0.2, -0.15) is 0 Å². The molecule has 0 aromatic heterocycles. The number of nitrogens with one attached hydrogen (secondary N) is 1. The van der Waals surface area contributed by atoms with E-state index in [9.17, 15) is 28.8 Å². The van der Waals surface area contributed by atoms with E-state index in [0.29, 0.717) is 11.1 Å². The van der Waals surface area contributed by atoms with E-state index in [4.69, 9.17) is 14.2 Å². The second-order valence-corrected chi connectivity index (χ2v) is 15.4. The molecule has 300 valence electrons. The first-order valence-electron chi connectivity index (χ1n) is 19.2. The maximum Gasteiger partial charge on any atom is 0.329 e. The zero-order valence-electron chi connectivity index (χ0n) is 33.5. The van der Waals surface area contributed by atoms with Crippen LogP contribution in [0, 0.1) is 17.8 Å². The Bertz CT molecular complexity index is 1800. The molecule has 0 spiro atoms. The lowest BCUT2D eigenvalue weighted by molar-refractivity contribution is -0.176. The van der Waals surface area contributed by atoms with Gasteiger partial charge in [-0.05, 0) is 34.4 Å². The van der Waals surface area contributed by atoms with E-state index >= 15 is 0 Å². The highest BCUT2D eigenvalue weighted by Crippen LogP contribution is 2.22. The molecule has 6 atom stereocenters. The lowest BCUT2D eigenvalue weighted by Crippen LogP contribution is -2.56. The van der Waals surface area contributed by atoms with Crippen molar-refractivity contribution >= 4 is 35.6 Å². The fourth-order valence-corrected chi connectivity index (χ4v) is 6.49. The van der Waals surface area contributed by atoms with Gasteiger partial charge in [0.2, 0.25) is 0 Å². The van der Waals surface area contributed by atoms with Gasteiger partial charge in [0.05, 0.1) is 0 Å². The van der Waals surface area contributed by atoms with Gasteiger partial charge in [0.1, 0.15) is 18.1 Å². The second-order valence-electron chi connectivity index (χ2n) is 15.4. The summed E-state index contributed by atoms with van der Waals surface area (Å²) in [6.45, 7) is 10.2. The highest BCUT2D eigenvalue weighted by molar-refractivity contribution is 5.94. The van der Waals surface area contributed by atoms with Crippen LogP contribution >= 0.6 is 0 Å². The molecule has 12 nitrogen and oxygen atoms in total. The zero-order valence-corrected chi connectivity index (χ0v) is 33.5. The molecule has 12 heteroatoms. The number of esters is 3. The highest BCUT2D eigenvalue weighted by Gasteiger charge is 2.42. The molecule has 1 N–H and O–H groups in total. The number of carbonyl (C=O) groups excluding carboxylic acids is 6. The number of rotatable bonds is 9. The molecule has 3 aromatic rings. The summed E-state index contributed by atoms with van der Waals surface area (Å²) in [7, 11) is 2.86. The quantitative estimate of drug-likeness (QED) is 0.244. The second kappa shape index (κ2) is 19.9. The zero-order chi connectivity index (χ0) is 41.1. The molecule has 4 rings (SSSR count). The Hall–Kier alpha value is -5.52.